The van der Waals surface area contributed by atoms with E-state index in [1.807, 2.05) is 31.2 Å². The van der Waals surface area contributed by atoms with Gasteiger partial charge in [0.25, 0.3) is 0 Å². The average molecular weight is 248 g/mol. The molecule has 3 nitrogen and oxygen atoms in total. The predicted octanol–water partition coefficient (Wildman–Crippen LogP) is 3.05. The highest BCUT2D eigenvalue weighted by Crippen LogP contribution is 2.31. The SMILES string of the molecule is Cc1ccccc1C(O)c1snnc1C(C)C. The van der Waals surface area contributed by atoms with Crippen LogP contribution in [0.5, 0.6) is 0 Å². The molecule has 17 heavy (non-hydrogen) atoms. The van der Waals surface area contributed by atoms with Crippen molar-refractivity contribution in [1.29, 1.82) is 0 Å². The van der Waals surface area contributed by atoms with E-state index in [1.165, 1.54) is 11.5 Å². The molecule has 1 atom stereocenters. The minimum atomic E-state index is -0.617. The molecule has 1 unspecified atom stereocenters. The zero-order chi connectivity index (χ0) is 12.4. The Morgan fingerprint density at radius 3 is 2.59 bits per heavy atom. The van der Waals surface area contributed by atoms with Gasteiger partial charge >= 0.3 is 0 Å². The highest BCUT2D eigenvalue weighted by atomic mass is 32.1. The van der Waals surface area contributed by atoms with Crippen LogP contribution in [0.25, 0.3) is 0 Å². The fourth-order valence-electron chi connectivity index (χ4n) is 1.83. The first-order valence-corrected chi connectivity index (χ1v) is 6.44. The lowest BCUT2D eigenvalue weighted by Gasteiger charge is -2.13. The number of aliphatic hydroxyl groups is 1. The quantitative estimate of drug-likeness (QED) is 0.908. The number of nitrogens with zero attached hydrogens (tertiary/aromatic N) is 2. The summed E-state index contributed by atoms with van der Waals surface area (Å²) in [6, 6.07) is 7.86. The molecule has 0 fully saturated rings. The molecule has 1 N–H and O–H groups in total. The van der Waals surface area contributed by atoms with Crippen molar-refractivity contribution in [2.24, 2.45) is 0 Å². The predicted molar refractivity (Wildman–Crippen MR) is 69.2 cm³/mol. The zero-order valence-electron chi connectivity index (χ0n) is 10.2. The van der Waals surface area contributed by atoms with Crippen molar-refractivity contribution in [1.82, 2.24) is 9.59 Å². The number of hydrogen-bond donors (Lipinski definition) is 1. The lowest BCUT2D eigenvalue weighted by molar-refractivity contribution is 0.221. The Kier molecular flexibility index (Phi) is 3.54. The van der Waals surface area contributed by atoms with Crippen LogP contribution in [0.15, 0.2) is 24.3 Å². The normalized spacial score (nSPS) is 13.0. The lowest BCUT2D eigenvalue weighted by atomic mass is 9.99. The molecule has 0 amide bonds. The molecular formula is C13H16N2OS. The standard InChI is InChI=1S/C13H16N2OS/c1-8(2)11-13(17-15-14-11)12(16)10-7-5-4-6-9(10)3/h4-8,12,16H,1-3H3. The maximum atomic E-state index is 10.4. The van der Waals surface area contributed by atoms with Gasteiger partial charge in [-0.3, -0.25) is 0 Å². The molecule has 1 aromatic carbocycles. The minimum Gasteiger partial charge on any atom is -0.383 e. The Hall–Kier alpha value is -1.26. The van der Waals surface area contributed by atoms with E-state index in [-0.39, 0.29) is 5.92 Å². The average Bonchev–Trinajstić information content (AvgIpc) is 2.77. The number of rotatable bonds is 3. The third kappa shape index (κ3) is 2.37. The summed E-state index contributed by atoms with van der Waals surface area (Å²) in [7, 11) is 0. The fourth-order valence-corrected chi connectivity index (χ4v) is 2.64. The molecular weight excluding hydrogens is 232 g/mol. The van der Waals surface area contributed by atoms with E-state index in [4.69, 9.17) is 0 Å². The molecule has 90 valence electrons. The monoisotopic (exact) mass is 248 g/mol. The Bertz CT molecular complexity index is 508. The van der Waals surface area contributed by atoms with E-state index >= 15 is 0 Å². The number of benzene rings is 1. The van der Waals surface area contributed by atoms with Gasteiger partial charge in [-0.2, -0.15) is 0 Å². The molecule has 0 saturated heterocycles. The number of aromatic nitrogens is 2. The van der Waals surface area contributed by atoms with Crippen molar-refractivity contribution in [2.75, 3.05) is 0 Å². The first kappa shape index (κ1) is 12.2. The Balaban J connectivity index is 2.41. The fraction of sp³-hybridized carbons (Fsp3) is 0.385. The van der Waals surface area contributed by atoms with E-state index in [9.17, 15) is 5.11 Å². The number of aryl methyl sites for hydroxylation is 1. The third-order valence-electron chi connectivity index (χ3n) is 2.82. The van der Waals surface area contributed by atoms with Crippen molar-refractivity contribution in [2.45, 2.75) is 32.8 Å². The number of hydrogen-bond acceptors (Lipinski definition) is 4. The molecule has 0 saturated carbocycles. The maximum Gasteiger partial charge on any atom is 0.117 e. The highest BCUT2D eigenvalue weighted by Gasteiger charge is 2.21. The third-order valence-corrected chi connectivity index (χ3v) is 3.61. The van der Waals surface area contributed by atoms with Crippen LogP contribution in [0.1, 0.15) is 47.6 Å². The summed E-state index contributed by atoms with van der Waals surface area (Å²) in [5.41, 5.74) is 2.91. The molecule has 1 aromatic heterocycles. The van der Waals surface area contributed by atoms with Crippen LogP contribution in [0.2, 0.25) is 0 Å². The van der Waals surface area contributed by atoms with Crippen LogP contribution in [0, 0.1) is 6.92 Å². The van der Waals surface area contributed by atoms with Gasteiger partial charge < -0.3 is 5.11 Å². The summed E-state index contributed by atoms with van der Waals surface area (Å²) >= 11 is 1.28. The molecule has 0 radical (unpaired) electrons. The van der Waals surface area contributed by atoms with Crippen LogP contribution < -0.4 is 0 Å². The second-order valence-electron chi connectivity index (χ2n) is 4.44. The summed E-state index contributed by atoms with van der Waals surface area (Å²) in [5, 5.41) is 14.5. The van der Waals surface area contributed by atoms with Crippen molar-refractivity contribution in [3.63, 3.8) is 0 Å². The molecule has 0 bridgehead atoms. The van der Waals surface area contributed by atoms with Gasteiger partial charge in [-0.05, 0) is 35.5 Å². The van der Waals surface area contributed by atoms with Gasteiger partial charge in [0.2, 0.25) is 0 Å². The molecule has 0 aliphatic carbocycles. The summed E-state index contributed by atoms with van der Waals surface area (Å²) in [4.78, 5) is 0.856. The van der Waals surface area contributed by atoms with E-state index < -0.39 is 6.10 Å². The Morgan fingerprint density at radius 2 is 1.94 bits per heavy atom. The van der Waals surface area contributed by atoms with Crippen molar-refractivity contribution >= 4 is 11.5 Å². The second-order valence-corrected chi connectivity index (χ2v) is 5.22. The largest absolute Gasteiger partial charge is 0.383 e. The molecule has 4 heteroatoms. The summed E-state index contributed by atoms with van der Waals surface area (Å²) in [5.74, 6) is 0.280. The molecule has 0 spiro atoms. The van der Waals surface area contributed by atoms with Crippen molar-refractivity contribution in [3.8, 4) is 0 Å². The van der Waals surface area contributed by atoms with Crippen molar-refractivity contribution < 1.29 is 5.11 Å². The van der Waals surface area contributed by atoms with Crippen LogP contribution in [-0.4, -0.2) is 14.7 Å². The molecule has 0 aliphatic heterocycles. The Labute approximate surface area is 105 Å². The Morgan fingerprint density at radius 1 is 1.24 bits per heavy atom. The molecule has 2 rings (SSSR count). The van der Waals surface area contributed by atoms with Gasteiger partial charge in [0.15, 0.2) is 0 Å². The first-order chi connectivity index (χ1) is 8.11. The van der Waals surface area contributed by atoms with Gasteiger partial charge in [-0.25, -0.2) is 0 Å². The first-order valence-electron chi connectivity index (χ1n) is 5.67. The molecule has 0 aliphatic rings. The zero-order valence-corrected chi connectivity index (χ0v) is 11.0. The van der Waals surface area contributed by atoms with Gasteiger partial charge in [-0.1, -0.05) is 42.6 Å². The van der Waals surface area contributed by atoms with Gasteiger partial charge in [0.1, 0.15) is 6.10 Å². The molecule has 1 heterocycles. The van der Waals surface area contributed by atoms with E-state index in [2.05, 4.69) is 23.4 Å². The summed E-state index contributed by atoms with van der Waals surface area (Å²) < 4.78 is 3.95. The van der Waals surface area contributed by atoms with E-state index in [0.29, 0.717) is 0 Å². The van der Waals surface area contributed by atoms with Crippen LogP contribution in [-0.2, 0) is 0 Å². The van der Waals surface area contributed by atoms with Gasteiger partial charge in [0, 0.05) is 0 Å². The van der Waals surface area contributed by atoms with E-state index in [0.717, 1.165) is 21.7 Å². The second kappa shape index (κ2) is 4.94. The van der Waals surface area contributed by atoms with Gasteiger partial charge in [0.05, 0.1) is 10.6 Å². The maximum absolute atomic E-state index is 10.4. The summed E-state index contributed by atoms with van der Waals surface area (Å²) in [6.07, 6.45) is -0.617. The van der Waals surface area contributed by atoms with Crippen LogP contribution in [0.3, 0.4) is 0 Å². The molecule has 2 aromatic rings. The van der Waals surface area contributed by atoms with Crippen LogP contribution in [0.4, 0.5) is 0 Å². The smallest absolute Gasteiger partial charge is 0.117 e. The highest BCUT2D eigenvalue weighted by molar-refractivity contribution is 7.05. The van der Waals surface area contributed by atoms with Gasteiger partial charge in [-0.15, -0.1) is 5.10 Å². The topological polar surface area (TPSA) is 46.0 Å². The van der Waals surface area contributed by atoms with E-state index in [1.54, 1.807) is 0 Å². The van der Waals surface area contributed by atoms with Crippen molar-refractivity contribution in [3.05, 3.63) is 46.0 Å². The summed E-state index contributed by atoms with van der Waals surface area (Å²) in [6.45, 7) is 6.12. The lowest BCUT2D eigenvalue weighted by Crippen LogP contribution is -2.04. The van der Waals surface area contributed by atoms with Crippen LogP contribution >= 0.6 is 11.5 Å². The minimum absolute atomic E-state index is 0.280. The number of aliphatic hydroxyl groups excluding tert-OH is 1.